The summed E-state index contributed by atoms with van der Waals surface area (Å²) in [7, 11) is 0. The van der Waals surface area contributed by atoms with Crippen molar-refractivity contribution in [3.05, 3.63) is 122 Å². The van der Waals surface area contributed by atoms with E-state index in [0.29, 0.717) is 12.8 Å². The Labute approximate surface area is 512 Å². The maximum atomic E-state index is 13.5. The number of aliphatic hydroxyl groups excluding tert-OH is 5. The van der Waals surface area contributed by atoms with Crippen LogP contribution in [0.25, 0.3) is 0 Å². The summed E-state index contributed by atoms with van der Waals surface area (Å²) in [6, 6.07) is -1.04. The Morgan fingerprint density at radius 3 is 1.31 bits per heavy atom. The minimum Gasteiger partial charge on any atom is -0.454 e. The van der Waals surface area contributed by atoms with E-state index in [2.05, 4.69) is 135 Å². The molecule has 1 amide bonds. The van der Waals surface area contributed by atoms with E-state index in [1.54, 1.807) is 6.08 Å². The SMILES string of the molecule is CC/C=C\C/C=C\C/C=C\C/C=C\C/C=C\C/C=C\CCCCC(=O)OC1C(OCC(NC(=O)C(O)CCCCCCCCCCC/C=C\C/C=C\C/C=C\CCCCC)C(O)/C=C/CCCCCCCCCCCC)OC(CO)C(O)C1O. The number of allylic oxidation sites excluding steroid dienone is 19. The Balaban J connectivity index is 2.66. The first kappa shape index (κ1) is 78.1. The summed E-state index contributed by atoms with van der Waals surface area (Å²) >= 11 is 0. The Hall–Kier alpha value is -3.94. The number of hydrogen-bond acceptors (Lipinski definition) is 10. The third-order valence-corrected chi connectivity index (χ3v) is 15.1. The minimum atomic E-state index is -1.64. The third-order valence-electron chi connectivity index (χ3n) is 15.1. The van der Waals surface area contributed by atoms with Crippen molar-refractivity contribution in [1.82, 2.24) is 5.32 Å². The van der Waals surface area contributed by atoms with Crippen molar-refractivity contribution in [2.45, 2.75) is 314 Å². The Bertz CT molecular complexity index is 1830. The molecule has 0 spiro atoms. The van der Waals surface area contributed by atoms with E-state index in [9.17, 15) is 35.1 Å². The molecule has 1 aliphatic heterocycles. The van der Waals surface area contributed by atoms with Gasteiger partial charge in [0.2, 0.25) is 5.91 Å². The second-order valence-electron chi connectivity index (χ2n) is 22.8. The molecule has 1 fully saturated rings. The Morgan fingerprint density at radius 2 is 0.857 bits per heavy atom. The van der Waals surface area contributed by atoms with Gasteiger partial charge in [0.15, 0.2) is 12.4 Å². The fourth-order valence-corrected chi connectivity index (χ4v) is 9.78. The number of esters is 1. The number of nitrogens with one attached hydrogen (secondary N) is 1. The van der Waals surface area contributed by atoms with E-state index in [1.807, 2.05) is 6.08 Å². The van der Waals surface area contributed by atoms with Crippen LogP contribution in [0.2, 0.25) is 0 Å². The summed E-state index contributed by atoms with van der Waals surface area (Å²) in [5.74, 6) is -1.25. The highest BCUT2D eigenvalue weighted by molar-refractivity contribution is 5.80. The van der Waals surface area contributed by atoms with Gasteiger partial charge in [0.05, 0.1) is 25.4 Å². The summed E-state index contributed by atoms with van der Waals surface area (Å²) in [5, 5.41) is 57.1. The van der Waals surface area contributed by atoms with E-state index in [0.717, 1.165) is 116 Å². The quantitative estimate of drug-likeness (QED) is 0.0195. The van der Waals surface area contributed by atoms with Crippen molar-refractivity contribution in [3.63, 3.8) is 0 Å². The summed E-state index contributed by atoms with van der Waals surface area (Å²) in [6.07, 6.45) is 72.3. The molecular formula is C73H123NO10. The van der Waals surface area contributed by atoms with Crippen LogP contribution in [0.5, 0.6) is 0 Å². The summed E-state index contributed by atoms with van der Waals surface area (Å²) < 4.78 is 17.6. The number of carbonyl (C=O) groups is 2. The first-order valence-corrected chi connectivity index (χ1v) is 33.8. The molecule has 1 heterocycles. The molecule has 480 valence electrons. The summed E-state index contributed by atoms with van der Waals surface area (Å²) in [6.45, 7) is 5.63. The van der Waals surface area contributed by atoms with Gasteiger partial charge in [-0.25, -0.2) is 0 Å². The lowest BCUT2D eigenvalue weighted by atomic mass is 9.99. The highest BCUT2D eigenvalue weighted by Gasteiger charge is 2.47. The number of ether oxygens (including phenoxy) is 3. The Kier molecular flexibility index (Phi) is 55.2. The fourth-order valence-electron chi connectivity index (χ4n) is 9.78. The van der Waals surface area contributed by atoms with Gasteiger partial charge in [-0.2, -0.15) is 0 Å². The van der Waals surface area contributed by atoms with Crippen molar-refractivity contribution >= 4 is 11.9 Å². The van der Waals surface area contributed by atoms with Gasteiger partial charge in [0.25, 0.3) is 0 Å². The molecule has 84 heavy (non-hydrogen) atoms. The number of carbonyl (C=O) groups excluding carboxylic acids is 2. The molecular weight excluding hydrogens is 1050 g/mol. The van der Waals surface area contributed by atoms with Gasteiger partial charge in [0, 0.05) is 6.42 Å². The van der Waals surface area contributed by atoms with Crippen LogP contribution in [-0.4, -0.2) is 99.6 Å². The van der Waals surface area contributed by atoms with Crippen LogP contribution in [0, 0.1) is 0 Å². The average molecular weight is 1170 g/mol. The molecule has 0 aromatic carbocycles. The number of rotatable bonds is 56. The van der Waals surface area contributed by atoms with E-state index in [4.69, 9.17) is 14.2 Å². The molecule has 0 saturated carbocycles. The van der Waals surface area contributed by atoms with E-state index < -0.39 is 67.4 Å². The molecule has 0 aliphatic carbocycles. The molecule has 11 heteroatoms. The number of amides is 1. The zero-order valence-corrected chi connectivity index (χ0v) is 53.2. The average Bonchev–Trinajstić information content (AvgIpc) is 3.69. The minimum absolute atomic E-state index is 0.0619. The number of hydrogen-bond donors (Lipinski definition) is 6. The molecule has 0 bridgehead atoms. The van der Waals surface area contributed by atoms with Gasteiger partial charge in [-0.05, 0) is 116 Å². The Morgan fingerprint density at radius 1 is 0.476 bits per heavy atom. The zero-order chi connectivity index (χ0) is 61.0. The molecule has 6 N–H and O–H groups in total. The van der Waals surface area contributed by atoms with Crippen LogP contribution in [-0.2, 0) is 23.8 Å². The molecule has 1 aliphatic rings. The van der Waals surface area contributed by atoms with E-state index in [1.165, 1.54) is 103 Å². The van der Waals surface area contributed by atoms with Crippen molar-refractivity contribution in [3.8, 4) is 0 Å². The van der Waals surface area contributed by atoms with Gasteiger partial charge in [-0.1, -0.05) is 264 Å². The van der Waals surface area contributed by atoms with Crippen LogP contribution in [0.15, 0.2) is 122 Å². The fraction of sp³-hybridized carbons (Fsp3) is 0.699. The molecule has 1 saturated heterocycles. The lowest BCUT2D eigenvalue weighted by molar-refractivity contribution is -0.305. The largest absolute Gasteiger partial charge is 0.454 e. The van der Waals surface area contributed by atoms with Gasteiger partial charge in [0.1, 0.15) is 24.4 Å². The topological polar surface area (TPSA) is 175 Å². The van der Waals surface area contributed by atoms with Gasteiger partial charge in [-0.15, -0.1) is 0 Å². The molecule has 0 radical (unpaired) electrons. The predicted octanol–water partition coefficient (Wildman–Crippen LogP) is 17.0. The highest BCUT2D eigenvalue weighted by atomic mass is 16.7. The molecule has 11 nitrogen and oxygen atoms in total. The van der Waals surface area contributed by atoms with Crippen LogP contribution >= 0.6 is 0 Å². The summed E-state index contributed by atoms with van der Waals surface area (Å²) in [5.41, 5.74) is 0. The third kappa shape index (κ3) is 46.3. The molecule has 0 aromatic heterocycles. The maximum absolute atomic E-state index is 13.5. The van der Waals surface area contributed by atoms with Gasteiger partial charge < -0.3 is 45.1 Å². The van der Waals surface area contributed by atoms with Crippen molar-refractivity contribution < 1.29 is 49.3 Å². The van der Waals surface area contributed by atoms with Crippen molar-refractivity contribution in [2.75, 3.05) is 13.2 Å². The second-order valence-corrected chi connectivity index (χ2v) is 22.8. The predicted molar refractivity (Wildman–Crippen MR) is 351 cm³/mol. The van der Waals surface area contributed by atoms with Crippen molar-refractivity contribution in [2.24, 2.45) is 0 Å². The molecule has 8 unspecified atom stereocenters. The van der Waals surface area contributed by atoms with E-state index in [-0.39, 0.29) is 19.4 Å². The molecule has 1 rings (SSSR count). The van der Waals surface area contributed by atoms with Crippen LogP contribution < -0.4 is 5.32 Å². The highest BCUT2D eigenvalue weighted by Crippen LogP contribution is 2.26. The van der Waals surface area contributed by atoms with Crippen molar-refractivity contribution in [1.29, 1.82) is 0 Å². The monoisotopic (exact) mass is 1170 g/mol. The van der Waals surface area contributed by atoms with Crippen LogP contribution in [0.1, 0.15) is 265 Å². The molecule has 8 atom stereocenters. The van der Waals surface area contributed by atoms with E-state index >= 15 is 0 Å². The number of aliphatic hydroxyl groups is 5. The first-order valence-electron chi connectivity index (χ1n) is 33.8. The maximum Gasteiger partial charge on any atom is 0.306 e. The van der Waals surface area contributed by atoms with Gasteiger partial charge >= 0.3 is 5.97 Å². The van der Waals surface area contributed by atoms with Crippen LogP contribution in [0.3, 0.4) is 0 Å². The first-order chi connectivity index (χ1) is 41.2. The second kappa shape index (κ2) is 59.4. The smallest absolute Gasteiger partial charge is 0.306 e. The lowest BCUT2D eigenvalue weighted by Crippen LogP contribution is -2.61. The normalized spacial score (nSPS) is 19.3. The standard InChI is InChI=1S/C73H123NO10/c1-4-7-10-13-16-19-22-25-27-29-31-33-35-36-38-40-42-45-48-51-54-57-60-66(77)72(81)74-64(65(76)59-56-53-50-47-44-24-21-18-15-12-9-6-3)63-82-73-71(70(80)69(79)67(62-75)83-73)84-68(78)61-58-55-52-49-46-43-41-39-37-34-32-30-28-26-23-20-17-14-11-8-5-2/h8,11,16-17,19-20,25-28,31-34,39,41,46,49,56,59,64-67,69-71,73,75-77,79-80H,4-7,9-10,12-15,18,21-24,29-30,35-38,40,42-45,47-48,50-55,57-58,60-63H2,1-3H3,(H,74,81)/b11-8-,19-16-,20-17-,27-25-,28-26-,33-31-,34-32-,41-39-,49-46-,59-56+. The number of unbranched alkanes of at least 4 members (excludes halogenated alkanes) is 24. The zero-order valence-electron chi connectivity index (χ0n) is 53.2. The molecule has 0 aromatic rings. The summed E-state index contributed by atoms with van der Waals surface area (Å²) in [4.78, 5) is 26.6. The van der Waals surface area contributed by atoms with Gasteiger partial charge in [-0.3, -0.25) is 9.59 Å². The van der Waals surface area contributed by atoms with Crippen LogP contribution in [0.4, 0.5) is 0 Å². The lowest BCUT2D eigenvalue weighted by Gasteiger charge is -2.41.